The maximum atomic E-state index is 6.42. The first-order valence-corrected chi connectivity index (χ1v) is 16.3. The van der Waals surface area contributed by atoms with Crippen LogP contribution in [0.2, 0.25) is 4.05 Å². The molecule has 5 unspecified atom stereocenters. The first kappa shape index (κ1) is 23.2. The molecule has 0 amide bonds. The summed E-state index contributed by atoms with van der Waals surface area (Å²) in [5, 5.41) is 0. The lowest BCUT2D eigenvalue weighted by molar-refractivity contribution is -0.114. The van der Waals surface area contributed by atoms with Crippen molar-refractivity contribution in [2.75, 3.05) is 0 Å². The van der Waals surface area contributed by atoms with Crippen molar-refractivity contribution in [1.29, 1.82) is 0 Å². The van der Waals surface area contributed by atoms with E-state index in [0.29, 0.717) is 10.8 Å². The van der Waals surface area contributed by atoms with Gasteiger partial charge in [-0.3, -0.25) is 0 Å². The largest absolute Gasteiger partial charge is 0.504 e. The van der Waals surface area contributed by atoms with Crippen LogP contribution in [0.5, 0.6) is 0 Å². The zero-order valence-corrected chi connectivity index (χ0v) is 22.4. The van der Waals surface area contributed by atoms with E-state index in [9.17, 15) is 0 Å². The molecule has 2 heteroatoms. The third-order valence-corrected chi connectivity index (χ3v) is 13.7. The average Bonchev–Trinajstić information content (AvgIpc) is 3.04. The highest BCUT2D eigenvalue weighted by Crippen LogP contribution is 2.69. The van der Waals surface area contributed by atoms with Crippen LogP contribution < -0.4 is 0 Å². The van der Waals surface area contributed by atoms with E-state index < -0.39 is 0 Å². The Morgan fingerprint density at radius 2 is 1.59 bits per heavy atom. The molecule has 0 heterocycles. The second-order valence-electron chi connectivity index (χ2n) is 13.0. The van der Waals surface area contributed by atoms with E-state index in [1.165, 1.54) is 57.8 Å². The predicted molar refractivity (Wildman–Crippen MR) is 128 cm³/mol. The molecule has 0 aromatic rings. The van der Waals surface area contributed by atoms with Gasteiger partial charge in [0.2, 0.25) is 0 Å². The highest BCUT2D eigenvalue weighted by molar-refractivity contribution is 6.94. The number of rotatable bonds is 6. The van der Waals surface area contributed by atoms with E-state index in [2.05, 4.69) is 34.6 Å². The van der Waals surface area contributed by atoms with Gasteiger partial charge < -0.3 is 9.07 Å². The zero-order chi connectivity index (χ0) is 20.8. The van der Waals surface area contributed by atoms with E-state index in [1.807, 2.05) is 0 Å². The van der Waals surface area contributed by atoms with Crippen LogP contribution in [0.1, 0.15) is 112 Å². The lowest BCUT2D eigenvalue weighted by Crippen LogP contribution is -2.53. The third-order valence-electron chi connectivity index (χ3n) is 11.2. The van der Waals surface area contributed by atoms with Crippen LogP contribution in [0, 0.1) is 52.3 Å². The molecule has 0 spiro atoms. The molecule has 4 rings (SSSR count). The fraction of sp³-hybridized carbons (Fsp3) is 1.00. The van der Waals surface area contributed by atoms with Crippen LogP contribution in [0.3, 0.4) is 0 Å². The maximum Gasteiger partial charge on any atom is 0.504 e. The molecule has 0 radical (unpaired) electrons. The second kappa shape index (κ2) is 9.13. The summed E-state index contributed by atoms with van der Waals surface area (Å²) in [7, 11) is 6.42. The van der Waals surface area contributed by atoms with Gasteiger partial charge in [0.25, 0.3) is 0 Å². The van der Waals surface area contributed by atoms with Crippen molar-refractivity contribution in [2.45, 2.75) is 116 Å². The smallest absolute Gasteiger partial charge is 0.346 e. The minimum atomic E-state index is -0.312. The molecular weight excluding hydrogens is 384 g/mol. The molecule has 0 aliphatic heterocycles. The van der Waals surface area contributed by atoms with Gasteiger partial charge in [0.15, 0.2) is 0 Å². The van der Waals surface area contributed by atoms with E-state index >= 15 is 0 Å². The highest BCUT2D eigenvalue weighted by Gasteiger charge is 2.60. The molecule has 4 saturated carbocycles. The van der Waals surface area contributed by atoms with Crippen molar-refractivity contribution >= 4 is 28.3 Å². The topological polar surface area (TPSA) is 0 Å². The van der Waals surface area contributed by atoms with Crippen LogP contribution >= 0.6 is 9.07 Å². The Morgan fingerprint density at radius 1 is 0.862 bits per heavy atom. The fourth-order valence-electron chi connectivity index (χ4n) is 9.51. The lowest BCUT2D eigenvalue weighted by Gasteiger charge is -2.61. The molecular formula is C27H47ClMg. The van der Waals surface area contributed by atoms with Crippen molar-refractivity contribution in [1.82, 2.24) is 0 Å². The first-order chi connectivity index (χ1) is 13.8. The zero-order valence-electron chi connectivity index (χ0n) is 20.2. The second-order valence-corrected chi connectivity index (χ2v) is 15.4. The molecule has 164 valence electrons. The van der Waals surface area contributed by atoms with Crippen LogP contribution in [0.25, 0.3) is 0 Å². The van der Waals surface area contributed by atoms with Gasteiger partial charge in [0.1, 0.15) is 0 Å². The normalized spacial score (nSPS) is 47.8. The molecule has 0 nitrogen and oxygen atoms in total. The fourth-order valence-corrected chi connectivity index (χ4v) is 11.2. The summed E-state index contributed by atoms with van der Waals surface area (Å²) in [4.78, 5) is 0. The molecule has 0 aromatic carbocycles. The molecule has 0 aromatic heterocycles. The van der Waals surface area contributed by atoms with Crippen LogP contribution in [-0.4, -0.2) is 19.3 Å². The maximum absolute atomic E-state index is 6.42. The minimum absolute atomic E-state index is 0.312. The summed E-state index contributed by atoms with van der Waals surface area (Å²) in [5.41, 5.74) is 1.31. The van der Waals surface area contributed by atoms with Gasteiger partial charge in [0, 0.05) is 0 Å². The molecule has 4 fully saturated rings. The summed E-state index contributed by atoms with van der Waals surface area (Å²) in [6.45, 7) is 12.9. The van der Waals surface area contributed by atoms with Gasteiger partial charge in [-0.15, -0.1) is 4.05 Å². The molecule has 4 aliphatic rings. The summed E-state index contributed by atoms with van der Waals surface area (Å²) in [6.07, 6.45) is 18.1. The molecule has 0 saturated heterocycles. The Labute approximate surface area is 195 Å². The van der Waals surface area contributed by atoms with Crippen molar-refractivity contribution in [3.63, 3.8) is 0 Å². The molecule has 0 N–H and O–H groups in total. The first-order valence-electron chi connectivity index (χ1n) is 13.4. The van der Waals surface area contributed by atoms with E-state index in [0.717, 1.165) is 45.5 Å². The quantitative estimate of drug-likeness (QED) is 0.369. The van der Waals surface area contributed by atoms with E-state index in [-0.39, 0.29) is 19.3 Å². The molecule has 4 aliphatic carbocycles. The van der Waals surface area contributed by atoms with Crippen molar-refractivity contribution in [3.8, 4) is 0 Å². The molecule has 0 bridgehead atoms. The van der Waals surface area contributed by atoms with E-state index in [1.54, 1.807) is 19.3 Å². The van der Waals surface area contributed by atoms with Gasteiger partial charge in [-0.05, 0) is 97.2 Å². The molecule has 29 heavy (non-hydrogen) atoms. The predicted octanol–water partition coefficient (Wildman–Crippen LogP) is 8.75. The van der Waals surface area contributed by atoms with Crippen molar-refractivity contribution < 1.29 is 0 Å². The Hall–Kier alpha value is 1.06. The van der Waals surface area contributed by atoms with Crippen LogP contribution in [0.15, 0.2) is 0 Å². The van der Waals surface area contributed by atoms with E-state index in [4.69, 9.17) is 9.07 Å². The van der Waals surface area contributed by atoms with Gasteiger partial charge in [-0.25, -0.2) is 0 Å². The monoisotopic (exact) mass is 430 g/mol. The Morgan fingerprint density at radius 3 is 2.31 bits per heavy atom. The SMILES string of the molecule is CC(C)CCC[C@@H](C)[C@H]1CCC2C3CCC4C[CH]([Mg][Cl])CC[C@]4(C)C3CC[C@@]21C. The number of hydrogen-bond donors (Lipinski definition) is 0. The Balaban J connectivity index is 1.45. The summed E-state index contributed by atoms with van der Waals surface area (Å²) >= 11 is -0.312. The van der Waals surface area contributed by atoms with Crippen LogP contribution in [0.4, 0.5) is 0 Å². The molecule has 9 atom stereocenters. The minimum Gasteiger partial charge on any atom is -0.346 e. The third kappa shape index (κ3) is 4.21. The van der Waals surface area contributed by atoms with Gasteiger partial charge in [-0.1, -0.05) is 66.7 Å². The average molecular weight is 431 g/mol. The van der Waals surface area contributed by atoms with Gasteiger partial charge >= 0.3 is 19.3 Å². The lowest BCUT2D eigenvalue weighted by atomic mass is 9.44. The van der Waals surface area contributed by atoms with Gasteiger partial charge in [-0.2, -0.15) is 0 Å². The van der Waals surface area contributed by atoms with Gasteiger partial charge in [0.05, 0.1) is 0 Å². The Bertz CT molecular complexity index is 561. The number of hydrogen-bond acceptors (Lipinski definition) is 0. The number of fused-ring (bicyclic) bond motifs is 5. The van der Waals surface area contributed by atoms with Crippen molar-refractivity contribution in [2.24, 2.45) is 52.3 Å². The standard InChI is InChI=1S/C27H47.ClH.Mg/c1-19(2)9-8-10-20(3)23-14-15-24-22-13-12-21-11-6-7-17-26(21,4)25(22)16-18-27(23,24)5;;/h6,19-25H,7-18H2,1-5H3;1H;/q;;+1/p-1/t20-,21?,22?,23-,24?,25?,26+,27-;;/m1../s1. The Kier molecular flexibility index (Phi) is 7.31. The summed E-state index contributed by atoms with van der Waals surface area (Å²) in [6, 6.07) is 0. The van der Waals surface area contributed by atoms with Crippen molar-refractivity contribution in [3.05, 3.63) is 0 Å². The number of halogens is 1. The van der Waals surface area contributed by atoms with Crippen LogP contribution in [-0.2, 0) is 0 Å². The highest BCUT2D eigenvalue weighted by atomic mass is 35.5. The summed E-state index contributed by atoms with van der Waals surface area (Å²) < 4.78 is 0.947. The summed E-state index contributed by atoms with van der Waals surface area (Å²) in [5.74, 6) is 6.94.